The highest BCUT2D eigenvalue weighted by Crippen LogP contribution is 2.13. The van der Waals surface area contributed by atoms with Crippen LogP contribution in [-0.4, -0.2) is 31.7 Å². The van der Waals surface area contributed by atoms with Crippen molar-refractivity contribution in [3.8, 4) is 0 Å². The standard InChI is InChI=1S/C7H13F3N2O/c1-2-11-4-3-5-12-6(13)7(8,9)10/h11H,2-5H2,1H3,(H,12,13). The molecule has 2 N–H and O–H groups in total. The zero-order valence-electron chi connectivity index (χ0n) is 7.37. The highest BCUT2D eigenvalue weighted by molar-refractivity contribution is 5.81. The molecule has 0 spiro atoms. The van der Waals surface area contributed by atoms with Gasteiger partial charge in [0.15, 0.2) is 0 Å². The van der Waals surface area contributed by atoms with Gasteiger partial charge in [0.05, 0.1) is 0 Å². The first-order chi connectivity index (χ1) is 5.98. The molecule has 0 rings (SSSR count). The SMILES string of the molecule is CCNCCCNC(=O)C(F)(F)F. The molecule has 3 nitrogen and oxygen atoms in total. The lowest BCUT2D eigenvalue weighted by Crippen LogP contribution is -2.37. The van der Waals surface area contributed by atoms with Crippen molar-refractivity contribution in [1.82, 2.24) is 10.6 Å². The Morgan fingerprint density at radius 2 is 1.92 bits per heavy atom. The van der Waals surface area contributed by atoms with E-state index in [1.807, 2.05) is 6.92 Å². The molecule has 0 aromatic heterocycles. The Balaban J connectivity index is 3.38. The summed E-state index contributed by atoms with van der Waals surface area (Å²) in [7, 11) is 0. The molecule has 0 atom stereocenters. The summed E-state index contributed by atoms with van der Waals surface area (Å²) in [6.45, 7) is 3.32. The van der Waals surface area contributed by atoms with Gasteiger partial charge >= 0.3 is 12.1 Å². The van der Waals surface area contributed by atoms with E-state index in [0.29, 0.717) is 13.0 Å². The van der Waals surface area contributed by atoms with Crippen LogP contribution < -0.4 is 10.6 Å². The van der Waals surface area contributed by atoms with Gasteiger partial charge < -0.3 is 10.6 Å². The van der Waals surface area contributed by atoms with Crippen molar-refractivity contribution in [2.75, 3.05) is 19.6 Å². The van der Waals surface area contributed by atoms with E-state index < -0.39 is 12.1 Å². The summed E-state index contributed by atoms with van der Waals surface area (Å²) >= 11 is 0. The number of carbonyl (C=O) groups excluding carboxylic acids is 1. The van der Waals surface area contributed by atoms with Crippen LogP contribution in [0.2, 0.25) is 0 Å². The molecule has 6 heteroatoms. The average Bonchev–Trinajstić information content (AvgIpc) is 2.02. The zero-order valence-corrected chi connectivity index (χ0v) is 7.37. The fourth-order valence-corrected chi connectivity index (χ4v) is 0.692. The van der Waals surface area contributed by atoms with Gasteiger partial charge in [-0.1, -0.05) is 6.92 Å². The molecule has 0 unspecified atom stereocenters. The van der Waals surface area contributed by atoms with Crippen LogP contribution in [0.5, 0.6) is 0 Å². The van der Waals surface area contributed by atoms with Crippen molar-refractivity contribution < 1.29 is 18.0 Å². The second-order valence-corrected chi connectivity index (χ2v) is 2.46. The molecule has 0 aromatic carbocycles. The van der Waals surface area contributed by atoms with Gasteiger partial charge in [0, 0.05) is 6.54 Å². The Bertz CT molecular complexity index is 158. The molecule has 0 saturated heterocycles. The highest BCUT2D eigenvalue weighted by Gasteiger charge is 2.37. The van der Waals surface area contributed by atoms with Gasteiger partial charge in [-0.25, -0.2) is 0 Å². The number of amides is 1. The Morgan fingerprint density at radius 3 is 2.38 bits per heavy atom. The summed E-state index contributed by atoms with van der Waals surface area (Å²) in [4.78, 5) is 10.2. The van der Waals surface area contributed by atoms with Crippen LogP contribution in [0.25, 0.3) is 0 Å². The van der Waals surface area contributed by atoms with Crippen LogP contribution in [0, 0.1) is 0 Å². The minimum atomic E-state index is -4.77. The van der Waals surface area contributed by atoms with E-state index in [1.54, 1.807) is 5.32 Å². The van der Waals surface area contributed by atoms with Gasteiger partial charge in [0.25, 0.3) is 0 Å². The van der Waals surface area contributed by atoms with E-state index >= 15 is 0 Å². The lowest BCUT2D eigenvalue weighted by atomic mass is 10.4. The fraction of sp³-hybridized carbons (Fsp3) is 0.857. The molecule has 78 valence electrons. The number of hydrogen-bond acceptors (Lipinski definition) is 2. The van der Waals surface area contributed by atoms with Crippen molar-refractivity contribution in [1.29, 1.82) is 0 Å². The van der Waals surface area contributed by atoms with Crippen molar-refractivity contribution >= 4 is 5.91 Å². The average molecular weight is 198 g/mol. The third kappa shape index (κ3) is 6.39. The second-order valence-electron chi connectivity index (χ2n) is 2.46. The highest BCUT2D eigenvalue weighted by atomic mass is 19.4. The second kappa shape index (κ2) is 5.80. The van der Waals surface area contributed by atoms with E-state index in [9.17, 15) is 18.0 Å². The number of hydrogen-bond donors (Lipinski definition) is 2. The quantitative estimate of drug-likeness (QED) is 0.637. The first-order valence-electron chi connectivity index (χ1n) is 4.04. The van der Waals surface area contributed by atoms with Gasteiger partial charge in [-0.2, -0.15) is 13.2 Å². The van der Waals surface area contributed by atoms with Gasteiger partial charge in [-0.15, -0.1) is 0 Å². The maximum atomic E-state index is 11.6. The molecule has 0 saturated carbocycles. The van der Waals surface area contributed by atoms with Crippen molar-refractivity contribution in [2.24, 2.45) is 0 Å². The molecule has 0 heterocycles. The monoisotopic (exact) mass is 198 g/mol. The van der Waals surface area contributed by atoms with E-state index in [1.165, 1.54) is 0 Å². The third-order valence-electron chi connectivity index (χ3n) is 1.32. The maximum absolute atomic E-state index is 11.6. The van der Waals surface area contributed by atoms with E-state index in [0.717, 1.165) is 6.54 Å². The van der Waals surface area contributed by atoms with Crippen LogP contribution in [0.4, 0.5) is 13.2 Å². The predicted molar refractivity (Wildman–Crippen MR) is 42.2 cm³/mol. The molecule has 1 amide bonds. The number of rotatable bonds is 5. The van der Waals surface area contributed by atoms with Crippen LogP contribution in [0.1, 0.15) is 13.3 Å². The molecular weight excluding hydrogens is 185 g/mol. The Kier molecular flexibility index (Phi) is 5.45. The van der Waals surface area contributed by atoms with E-state index in [2.05, 4.69) is 5.32 Å². The molecule has 0 aliphatic heterocycles. The molecule has 0 aliphatic carbocycles. The number of carbonyl (C=O) groups is 1. The molecule has 0 aromatic rings. The minimum absolute atomic E-state index is 0.0470. The molecule has 0 aliphatic rings. The van der Waals surface area contributed by atoms with Crippen LogP contribution in [-0.2, 0) is 4.79 Å². The zero-order chi connectivity index (χ0) is 10.3. The van der Waals surface area contributed by atoms with Gasteiger partial charge in [0.1, 0.15) is 0 Å². The van der Waals surface area contributed by atoms with E-state index in [4.69, 9.17) is 0 Å². The predicted octanol–water partition coefficient (Wildman–Crippen LogP) is 0.664. The Morgan fingerprint density at radius 1 is 1.31 bits per heavy atom. The van der Waals surface area contributed by atoms with Crippen LogP contribution >= 0.6 is 0 Å². The van der Waals surface area contributed by atoms with E-state index in [-0.39, 0.29) is 6.54 Å². The summed E-state index contributed by atoms with van der Waals surface area (Å²) in [6, 6.07) is 0. The fourth-order valence-electron chi connectivity index (χ4n) is 0.692. The first kappa shape index (κ1) is 12.2. The Labute approximate surface area is 74.7 Å². The number of nitrogens with one attached hydrogen (secondary N) is 2. The van der Waals surface area contributed by atoms with Gasteiger partial charge in [-0.3, -0.25) is 4.79 Å². The molecule has 13 heavy (non-hydrogen) atoms. The van der Waals surface area contributed by atoms with Gasteiger partial charge in [-0.05, 0) is 19.5 Å². The molecule has 0 radical (unpaired) electrons. The van der Waals surface area contributed by atoms with Crippen molar-refractivity contribution in [3.63, 3.8) is 0 Å². The smallest absolute Gasteiger partial charge is 0.348 e. The topological polar surface area (TPSA) is 41.1 Å². The normalized spacial score (nSPS) is 11.4. The summed E-state index contributed by atoms with van der Waals surface area (Å²) in [5.74, 6) is -1.87. The van der Waals surface area contributed by atoms with Crippen molar-refractivity contribution in [2.45, 2.75) is 19.5 Å². The lowest BCUT2D eigenvalue weighted by Gasteiger charge is -2.07. The summed E-state index contributed by atoms with van der Waals surface area (Å²) in [5, 5.41) is 4.71. The molecule has 0 fully saturated rings. The Hall–Kier alpha value is -0.780. The van der Waals surface area contributed by atoms with Gasteiger partial charge in [0.2, 0.25) is 0 Å². The molecule has 0 bridgehead atoms. The molecular formula is C7H13F3N2O. The number of alkyl halides is 3. The number of halogens is 3. The van der Waals surface area contributed by atoms with Crippen LogP contribution in [0.3, 0.4) is 0 Å². The first-order valence-corrected chi connectivity index (χ1v) is 4.04. The largest absolute Gasteiger partial charge is 0.471 e. The lowest BCUT2D eigenvalue weighted by molar-refractivity contribution is -0.173. The van der Waals surface area contributed by atoms with Crippen molar-refractivity contribution in [3.05, 3.63) is 0 Å². The minimum Gasteiger partial charge on any atom is -0.348 e. The summed E-state index contributed by atoms with van der Waals surface area (Å²) in [6.07, 6.45) is -4.27. The summed E-state index contributed by atoms with van der Waals surface area (Å²) in [5.41, 5.74) is 0. The van der Waals surface area contributed by atoms with Crippen LogP contribution in [0.15, 0.2) is 0 Å². The maximum Gasteiger partial charge on any atom is 0.471 e. The summed E-state index contributed by atoms with van der Waals surface area (Å²) < 4.78 is 34.8. The third-order valence-corrected chi connectivity index (χ3v) is 1.32.